The van der Waals surface area contributed by atoms with Crippen LogP contribution in [-0.4, -0.2) is 34.8 Å². The quantitative estimate of drug-likeness (QED) is 0.323. The summed E-state index contributed by atoms with van der Waals surface area (Å²) in [6.07, 6.45) is 2.91. The Labute approximate surface area is 188 Å². The summed E-state index contributed by atoms with van der Waals surface area (Å²) in [6.45, 7) is 5.30. The van der Waals surface area contributed by atoms with Gasteiger partial charge in [0.25, 0.3) is 0 Å². The summed E-state index contributed by atoms with van der Waals surface area (Å²) in [7, 11) is 0. The standard InChI is InChI=1S/C25H29N5O2/c1-2-26-25(28-15-22-18-32-24(29-22)19-9-4-3-5-10-19)27-14-8-13-23(31)30-16-20-11-6-7-12-21(20)17-30/h3-7,9-12,18H,2,8,13-17H2,1H3,(H2,26,27,28). The highest BCUT2D eigenvalue weighted by Gasteiger charge is 2.22. The zero-order valence-electron chi connectivity index (χ0n) is 18.4. The summed E-state index contributed by atoms with van der Waals surface area (Å²) in [5.74, 6) is 1.50. The number of carbonyl (C=O) groups is 1. The van der Waals surface area contributed by atoms with E-state index in [2.05, 4.69) is 32.7 Å². The highest BCUT2D eigenvalue weighted by molar-refractivity contribution is 5.80. The first-order chi connectivity index (χ1) is 15.7. The number of nitrogens with zero attached hydrogens (tertiary/aromatic N) is 3. The van der Waals surface area contributed by atoms with Crippen LogP contribution >= 0.6 is 0 Å². The molecule has 1 amide bonds. The first kappa shape index (κ1) is 21.6. The monoisotopic (exact) mass is 431 g/mol. The molecule has 0 saturated carbocycles. The number of fused-ring (bicyclic) bond motifs is 1. The van der Waals surface area contributed by atoms with Gasteiger partial charge >= 0.3 is 0 Å². The maximum absolute atomic E-state index is 12.5. The van der Waals surface area contributed by atoms with E-state index in [1.165, 1.54) is 11.1 Å². The van der Waals surface area contributed by atoms with Gasteiger partial charge in [-0.3, -0.25) is 4.79 Å². The number of nitrogens with one attached hydrogen (secondary N) is 2. The van der Waals surface area contributed by atoms with Crippen LogP contribution in [0.25, 0.3) is 11.5 Å². The smallest absolute Gasteiger partial charge is 0.226 e. The predicted octanol–water partition coefficient (Wildman–Crippen LogP) is 3.72. The number of aromatic nitrogens is 1. The minimum absolute atomic E-state index is 0.195. The van der Waals surface area contributed by atoms with E-state index in [9.17, 15) is 4.79 Å². The lowest BCUT2D eigenvalue weighted by atomic mass is 10.1. The molecule has 0 aliphatic carbocycles. The van der Waals surface area contributed by atoms with E-state index < -0.39 is 0 Å². The van der Waals surface area contributed by atoms with Crippen LogP contribution in [-0.2, 0) is 24.4 Å². The van der Waals surface area contributed by atoms with Crippen molar-refractivity contribution in [1.82, 2.24) is 20.5 Å². The van der Waals surface area contributed by atoms with Gasteiger partial charge in [-0.25, -0.2) is 9.98 Å². The molecule has 2 aromatic carbocycles. The Morgan fingerprint density at radius 2 is 1.78 bits per heavy atom. The second-order valence-corrected chi connectivity index (χ2v) is 7.75. The molecule has 0 saturated heterocycles. The summed E-state index contributed by atoms with van der Waals surface area (Å²) in [4.78, 5) is 23.6. The Hall–Kier alpha value is -3.61. The van der Waals surface area contributed by atoms with Gasteiger partial charge in [-0.05, 0) is 36.6 Å². The van der Waals surface area contributed by atoms with Gasteiger partial charge < -0.3 is 20.0 Å². The van der Waals surface area contributed by atoms with E-state index in [1.807, 2.05) is 54.3 Å². The normalized spacial score (nSPS) is 13.2. The molecule has 7 heteroatoms. The van der Waals surface area contributed by atoms with E-state index in [-0.39, 0.29) is 5.91 Å². The molecule has 0 radical (unpaired) electrons. The van der Waals surface area contributed by atoms with Crippen LogP contribution in [0, 0.1) is 0 Å². The van der Waals surface area contributed by atoms with Gasteiger partial charge in [-0.2, -0.15) is 0 Å². The number of rotatable bonds is 8. The molecule has 32 heavy (non-hydrogen) atoms. The average Bonchev–Trinajstić information content (AvgIpc) is 3.48. The molecule has 2 N–H and O–H groups in total. The molecule has 3 aromatic rings. The van der Waals surface area contributed by atoms with E-state index in [0.717, 1.165) is 37.3 Å². The van der Waals surface area contributed by atoms with Gasteiger partial charge in [0.05, 0.1) is 6.54 Å². The zero-order chi connectivity index (χ0) is 22.2. The predicted molar refractivity (Wildman–Crippen MR) is 125 cm³/mol. The lowest BCUT2D eigenvalue weighted by Gasteiger charge is -2.16. The molecule has 0 atom stereocenters. The maximum atomic E-state index is 12.5. The van der Waals surface area contributed by atoms with Gasteiger partial charge in [0.1, 0.15) is 12.0 Å². The number of oxazole rings is 1. The second-order valence-electron chi connectivity index (χ2n) is 7.75. The lowest BCUT2D eigenvalue weighted by molar-refractivity contribution is -0.131. The Kier molecular flexibility index (Phi) is 7.17. The highest BCUT2D eigenvalue weighted by Crippen LogP contribution is 2.23. The highest BCUT2D eigenvalue weighted by atomic mass is 16.3. The minimum atomic E-state index is 0.195. The van der Waals surface area contributed by atoms with E-state index in [1.54, 1.807) is 6.26 Å². The Bertz CT molecular complexity index is 1040. The van der Waals surface area contributed by atoms with Crippen LogP contribution in [0.1, 0.15) is 36.6 Å². The Morgan fingerprint density at radius 1 is 1.06 bits per heavy atom. The number of aliphatic imine (C=N–C) groups is 1. The molecule has 0 unspecified atom stereocenters. The summed E-state index contributed by atoms with van der Waals surface area (Å²) in [6, 6.07) is 18.1. The zero-order valence-corrected chi connectivity index (χ0v) is 18.4. The Morgan fingerprint density at radius 3 is 2.50 bits per heavy atom. The largest absolute Gasteiger partial charge is 0.444 e. The average molecular weight is 432 g/mol. The number of carbonyl (C=O) groups excluding carboxylic acids is 1. The Balaban J connectivity index is 1.23. The van der Waals surface area contributed by atoms with Crippen molar-refractivity contribution in [2.75, 3.05) is 13.1 Å². The molecular formula is C25H29N5O2. The number of hydrogen-bond donors (Lipinski definition) is 2. The fourth-order valence-electron chi connectivity index (χ4n) is 3.71. The number of hydrogen-bond acceptors (Lipinski definition) is 4. The van der Waals surface area contributed by atoms with Crippen LogP contribution in [0.3, 0.4) is 0 Å². The third-order valence-corrected chi connectivity index (χ3v) is 5.37. The minimum Gasteiger partial charge on any atom is -0.444 e. The summed E-state index contributed by atoms with van der Waals surface area (Å²) in [5, 5.41) is 6.53. The molecule has 166 valence electrons. The topological polar surface area (TPSA) is 82.8 Å². The molecule has 4 rings (SSSR count). The van der Waals surface area contributed by atoms with Gasteiger partial charge in [-0.15, -0.1) is 0 Å². The SMILES string of the molecule is CCNC(=NCc1coc(-c2ccccc2)n1)NCCCC(=O)N1Cc2ccccc2C1. The van der Waals surface area contributed by atoms with Crippen molar-refractivity contribution in [2.45, 2.75) is 39.4 Å². The molecule has 1 aromatic heterocycles. The molecule has 2 heterocycles. The van der Waals surface area contributed by atoms with Gasteiger partial charge in [0.15, 0.2) is 5.96 Å². The molecule has 0 fully saturated rings. The number of guanidine groups is 1. The molecule has 1 aliphatic rings. The molecule has 1 aliphatic heterocycles. The summed E-state index contributed by atoms with van der Waals surface area (Å²) < 4.78 is 5.58. The van der Waals surface area contributed by atoms with Crippen molar-refractivity contribution in [3.63, 3.8) is 0 Å². The van der Waals surface area contributed by atoms with Gasteiger partial charge in [0, 0.05) is 38.2 Å². The van der Waals surface area contributed by atoms with Crippen molar-refractivity contribution in [3.8, 4) is 11.5 Å². The molecule has 0 spiro atoms. The third kappa shape index (κ3) is 5.55. The number of benzene rings is 2. The fraction of sp³-hybridized carbons (Fsp3) is 0.320. The van der Waals surface area contributed by atoms with E-state index in [0.29, 0.717) is 31.4 Å². The van der Waals surface area contributed by atoms with Gasteiger partial charge in [-0.1, -0.05) is 42.5 Å². The molecule has 7 nitrogen and oxygen atoms in total. The van der Waals surface area contributed by atoms with Crippen LogP contribution < -0.4 is 10.6 Å². The van der Waals surface area contributed by atoms with Crippen LogP contribution in [0.5, 0.6) is 0 Å². The lowest BCUT2D eigenvalue weighted by Crippen LogP contribution is -2.38. The van der Waals surface area contributed by atoms with Crippen LogP contribution in [0.15, 0.2) is 70.3 Å². The first-order valence-corrected chi connectivity index (χ1v) is 11.1. The van der Waals surface area contributed by atoms with Crippen LogP contribution in [0.4, 0.5) is 0 Å². The van der Waals surface area contributed by atoms with E-state index >= 15 is 0 Å². The fourth-order valence-corrected chi connectivity index (χ4v) is 3.71. The van der Waals surface area contributed by atoms with Crippen molar-refractivity contribution in [3.05, 3.63) is 77.7 Å². The van der Waals surface area contributed by atoms with Crippen molar-refractivity contribution in [1.29, 1.82) is 0 Å². The second kappa shape index (κ2) is 10.6. The summed E-state index contributed by atoms with van der Waals surface area (Å²) >= 11 is 0. The van der Waals surface area contributed by atoms with Crippen molar-refractivity contribution >= 4 is 11.9 Å². The maximum Gasteiger partial charge on any atom is 0.226 e. The van der Waals surface area contributed by atoms with E-state index in [4.69, 9.17) is 4.42 Å². The first-order valence-electron chi connectivity index (χ1n) is 11.1. The van der Waals surface area contributed by atoms with Crippen molar-refractivity contribution in [2.24, 2.45) is 4.99 Å². The third-order valence-electron chi connectivity index (χ3n) is 5.37. The van der Waals surface area contributed by atoms with Crippen molar-refractivity contribution < 1.29 is 9.21 Å². The summed E-state index contributed by atoms with van der Waals surface area (Å²) in [5.41, 5.74) is 4.22. The molecular weight excluding hydrogens is 402 g/mol. The van der Waals surface area contributed by atoms with Gasteiger partial charge in [0.2, 0.25) is 11.8 Å². The molecule has 0 bridgehead atoms. The van der Waals surface area contributed by atoms with Crippen LogP contribution in [0.2, 0.25) is 0 Å². The number of amides is 1.